The summed E-state index contributed by atoms with van der Waals surface area (Å²) in [7, 11) is 0. The molecule has 1 aromatic carbocycles. The summed E-state index contributed by atoms with van der Waals surface area (Å²) in [5.74, 6) is -0.387. The van der Waals surface area contributed by atoms with Crippen molar-refractivity contribution in [1.82, 2.24) is 24.9 Å². The molecule has 0 bridgehead atoms. The number of carbonyl (C=O) groups is 1. The minimum absolute atomic E-state index is 0.0926. The molecule has 1 amide bonds. The highest BCUT2D eigenvalue weighted by atomic mass is 19.4. The van der Waals surface area contributed by atoms with Crippen LogP contribution >= 0.6 is 0 Å². The molecule has 0 aliphatic heterocycles. The summed E-state index contributed by atoms with van der Waals surface area (Å²) >= 11 is 0. The second-order valence-corrected chi connectivity index (χ2v) is 6.00. The van der Waals surface area contributed by atoms with Gasteiger partial charge in [0, 0.05) is 11.4 Å². The third kappa shape index (κ3) is 3.51. The molecule has 0 spiro atoms. The molecule has 0 radical (unpaired) electrons. The van der Waals surface area contributed by atoms with Gasteiger partial charge in [-0.2, -0.15) is 18.2 Å². The van der Waals surface area contributed by atoms with Gasteiger partial charge in [0.2, 0.25) is 5.82 Å². The number of benzene rings is 1. The van der Waals surface area contributed by atoms with Gasteiger partial charge in [-0.3, -0.25) is 4.79 Å². The van der Waals surface area contributed by atoms with Gasteiger partial charge in [0.1, 0.15) is 0 Å². The molecule has 1 N–H and O–H groups in total. The zero-order chi connectivity index (χ0) is 19.1. The summed E-state index contributed by atoms with van der Waals surface area (Å²) in [6.07, 6.45) is -4.44. The normalized spacial score (nSPS) is 13.0. The van der Waals surface area contributed by atoms with Crippen molar-refractivity contribution in [1.29, 1.82) is 0 Å². The fourth-order valence-corrected chi connectivity index (χ4v) is 2.59. The molecule has 2 heterocycles. The molecule has 0 fully saturated rings. The van der Waals surface area contributed by atoms with E-state index < -0.39 is 23.7 Å². The lowest BCUT2D eigenvalue weighted by molar-refractivity contribution is -0.137. The van der Waals surface area contributed by atoms with Gasteiger partial charge in [-0.1, -0.05) is 12.1 Å². The van der Waals surface area contributed by atoms with Crippen molar-refractivity contribution < 1.29 is 18.0 Å². The van der Waals surface area contributed by atoms with Crippen LogP contribution in [-0.4, -0.2) is 25.5 Å². The van der Waals surface area contributed by atoms with Gasteiger partial charge < -0.3 is 5.32 Å². The number of aromatic nitrogens is 4. The predicted octanol–water partition coefficient (Wildman–Crippen LogP) is 3.25. The van der Waals surface area contributed by atoms with Crippen LogP contribution in [-0.2, 0) is 6.18 Å². The van der Waals surface area contributed by atoms with Crippen LogP contribution in [0.4, 0.5) is 13.2 Å². The molecule has 2 aromatic heterocycles. The zero-order valence-electron chi connectivity index (χ0n) is 14.3. The number of amides is 1. The molecule has 26 heavy (non-hydrogen) atoms. The monoisotopic (exact) mass is 363 g/mol. The number of halogens is 3. The Bertz CT molecular complexity index is 980. The van der Waals surface area contributed by atoms with Crippen LogP contribution in [0.3, 0.4) is 0 Å². The largest absolute Gasteiger partial charge is 0.416 e. The van der Waals surface area contributed by atoms with Gasteiger partial charge in [0.15, 0.2) is 0 Å². The first-order valence-corrected chi connectivity index (χ1v) is 7.84. The van der Waals surface area contributed by atoms with Gasteiger partial charge in [0.05, 0.1) is 11.6 Å². The van der Waals surface area contributed by atoms with E-state index in [9.17, 15) is 18.0 Å². The van der Waals surface area contributed by atoms with E-state index in [0.29, 0.717) is 11.3 Å². The van der Waals surface area contributed by atoms with Crippen LogP contribution in [0.15, 0.2) is 30.3 Å². The molecule has 9 heteroatoms. The summed E-state index contributed by atoms with van der Waals surface area (Å²) in [5.41, 5.74) is 1.08. The van der Waals surface area contributed by atoms with Crippen LogP contribution < -0.4 is 5.32 Å². The van der Waals surface area contributed by atoms with E-state index in [1.165, 1.54) is 16.6 Å². The number of hydrogen-bond donors (Lipinski definition) is 1. The lowest BCUT2D eigenvalue weighted by Crippen LogP contribution is -2.28. The number of hydrogen-bond acceptors (Lipinski definition) is 4. The van der Waals surface area contributed by atoms with E-state index >= 15 is 0 Å². The molecule has 3 aromatic rings. The second-order valence-electron chi connectivity index (χ2n) is 6.00. The highest BCUT2D eigenvalue weighted by Gasteiger charge is 2.31. The molecule has 0 aliphatic carbocycles. The van der Waals surface area contributed by atoms with Crippen LogP contribution in [0.2, 0.25) is 0 Å². The summed E-state index contributed by atoms with van der Waals surface area (Å²) in [4.78, 5) is 20.7. The Morgan fingerprint density at radius 1 is 1.19 bits per heavy atom. The van der Waals surface area contributed by atoms with E-state index in [-0.39, 0.29) is 5.82 Å². The lowest BCUT2D eigenvalue weighted by Gasteiger charge is -2.15. The third-order valence-corrected chi connectivity index (χ3v) is 3.88. The smallest absolute Gasteiger partial charge is 0.343 e. The van der Waals surface area contributed by atoms with Crippen LogP contribution in [0.25, 0.3) is 5.78 Å². The maximum atomic E-state index is 12.8. The van der Waals surface area contributed by atoms with Crippen molar-refractivity contribution in [2.45, 2.75) is 33.0 Å². The fourth-order valence-electron chi connectivity index (χ4n) is 2.59. The van der Waals surface area contributed by atoms with Crippen molar-refractivity contribution in [3.05, 3.63) is 58.7 Å². The molecule has 1 atom stereocenters. The highest BCUT2D eigenvalue weighted by molar-refractivity contribution is 5.91. The number of rotatable bonds is 3. The first-order valence-electron chi connectivity index (χ1n) is 7.84. The Balaban J connectivity index is 1.83. The quantitative estimate of drug-likeness (QED) is 0.775. The van der Waals surface area contributed by atoms with Crippen molar-refractivity contribution in [2.75, 3.05) is 0 Å². The van der Waals surface area contributed by atoms with Crippen LogP contribution in [0, 0.1) is 13.8 Å². The first kappa shape index (κ1) is 17.8. The molecule has 6 nitrogen and oxygen atoms in total. The molecular formula is C17H16F3N5O. The summed E-state index contributed by atoms with van der Waals surface area (Å²) < 4.78 is 39.9. The first-order chi connectivity index (χ1) is 12.1. The molecule has 1 unspecified atom stereocenters. The van der Waals surface area contributed by atoms with Crippen molar-refractivity contribution >= 4 is 11.7 Å². The minimum Gasteiger partial charge on any atom is -0.343 e. The lowest BCUT2D eigenvalue weighted by atomic mass is 10.0. The molecule has 136 valence electrons. The summed E-state index contributed by atoms with van der Waals surface area (Å²) in [5, 5.41) is 6.72. The van der Waals surface area contributed by atoms with E-state index in [2.05, 4.69) is 20.4 Å². The zero-order valence-corrected chi connectivity index (χ0v) is 14.3. The van der Waals surface area contributed by atoms with Crippen molar-refractivity contribution in [3.63, 3.8) is 0 Å². The molecule has 0 aliphatic rings. The number of aryl methyl sites for hydroxylation is 2. The Kier molecular flexibility index (Phi) is 4.39. The SMILES string of the molecule is Cc1cc(C)n2nc(C(=O)NC(C)c3cccc(C(F)(F)F)c3)nc2n1. The second kappa shape index (κ2) is 6.40. The third-order valence-electron chi connectivity index (χ3n) is 3.88. The summed E-state index contributed by atoms with van der Waals surface area (Å²) in [6, 6.07) is 5.98. The topological polar surface area (TPSA) is 72.2 Å². The maximum absolute atomic E-state index is 12.8. The Hall–Kier alpha value is -2.97. The number of nitrogens with one attached hydrogen (secondary N) is 1. The maximum Gasteiger partial charge on any atom is 0.416 e. The number of carbonyl (C=O) groups excluding carboxylic acids is 1. The average Bonchev–Trinajstić information content (AvgIpc) is 2.98. The standard InChI is InChI=1S/C17H16F3N5O/c1-9-7-10(2)25-16(21-9)23-14(24-25)15(26)22-11(3)12-5-4-6-13(8-12)17(18,19)20/h4-8,11H,1-3H3,(H,22,26). The predicted molar refractivity (Wildman–Crippen MR) is 87.6 cm³/mol. The average molecular weight is 363 g/mol. The van der Waals surface area contributed by atoms with E-state index in [4.69, 9.17) is 0 Å². The van der Waals surface area contributed by atoms with Gasteiger partial charge in [-0.25, -0.2) is 9.50 Å². The molecule has 0 saturated carbocycles. The van der Waals surface area contributed by atoms with Gasteiger partial charge in [0.25, 0.3) is 11.7 Å². The highest BCUT2D eigenvalue weighted by Crippen LogP contribution is 2.30. The van der Waals surface area contributed by atoms with E-state index in [1.54, 1.807) is 19.9 Å². The molecule has 3 rings (SSSR count). The fraction of sp³-hybridized carbons (Fsp3) is 0.294. The molecular weight excluding hydrogens is 347 g/mol. The summed E-state index contributed by atoms with van der Waals surface area (Å²) in [6.45, 7) is 5.21. The van der Waals surface area contributed by atoms with Crippen LogP contribution in [0.5, 0.6) is 0 Å². The Morgan fingerprint density at radius 3 is 2.62 bits per heavy atom. The van der Waals surface area contributed by atoms with E-state index in [0.717, 1.165) is 23.5 Å². The molecule has 0 saturated heterocycles. The number of alkyl halides is 3. The Morgan fingerprint density at radius 2 is 1.92 bits per heavy atom. The van der Waals surface area contributed by atoms with Gasteiger partial charge in [-0.15, -0.1) is 5.10 Å². The van der Waals surface area contributed by atoms with E-state index in [1.807, 2.05) is 6.92 Å². The van der Waals surface area contributed by atoms with Crippen molar-refractivity contribution in [3.8, 4) is 0 Å². The number of fused-ring (bicyclic) bond motifs is 1. The number of nitrogens with zero attached hydrogens (tertiary/aromatic N) is 4. The van der Waals surface area contributed by atoms with Gasteiger partial charge in [-0.05, 0) is 44.5 Å². The van der Waals surface area contributed by atoms with Crippen molar-refractivity contribution in [2.24, 2.45) is 0 Å². The van der Waals surface area contributed by atoms with Crippen LogP contribution in [0.1, 0.15) is 46.1 Å². The minimum atomic E-state index is -4.44. The Labute approximate surface area is 147 Å². The van der Waals surface area contributed by atoms with Gasteiger partial charge >= 0.3 is 6.18 Å².